The number of rotatable bonds is 7. The third kappa shape index (κ3) is 5.73. The van der Waals surface area contributed by atoms with Crippen LogP contribution in [0.3, 0.4) is 0 Å². The van der Waals surface area contributed by atoms with Gasteiger partial charge in [0, 0.05) is 28.6 Å². The molecule has 0 bridgehead atoms. The van der Waals surface area contributed by atoms with Gasteiger partial charge in [0.2, 0.25) is 6.29 Å². The van der Waals surface area contributed by atoms with E-state index in [9.17, 15) is 28.1 Å². The molecule has 3 aromatic rings. The van der Waals surface area contributed by atoms with E-state index in [-0.39, 0.29) is 42.8 Å². The van der Waals surface area contributed by atoms with Gasteiger partial charge in [-0.15, -0.1) is 11.3 Å². The third-order valence-electron chi connectivity index (χ3n) is 7.04. The SMILES string of the molecule is COc1ccc([N+](=O)[O-])c2c1COC(c1csc(C3CCNC(C(=O)Cn4nc(C(F)(F)F)cc4C)C3)n1)OC2. The van der Waals surface area contributed by atoms with E-state index in [0.717, 1.165) is 22.2 Å². The van der Waals surface area contributed by atoms with Crippen LogP contribution >= 0.6 is 11.3 Å². The number of Topliss-reactive ketones (excluding diaryl/α,β-unsaturated/α-hetero) is 1. The average Bonchev–Trinajstić information content (AvgIpc) is 3.49. The van der Waals surface area contributed by atoms with Crippen LogP contribution in [0.2, 0.25) is 0 Å². The molecule has 3 atom stereocenters. The standard InChI is InChI=1S/C25H26F3N5O6S/c1-13-7-22(25(26,27)28)31-32(13)9-20(34)17-8-14(5-6-29-17)23-30-18(12-40-23)24-38-10-15-16(11-39-24)21(37-2)4-3-19(15)33(35)36/h3-4,7,12,14,17,24,29H,5-6,8-11H2,1-2H3. The van der Waals surface area contributed by atoms with E-state index in [1.807, 2.05) is 0 Å². The summed E-state index contributed by atoms with van der Waals surface area (Å²) in [5.74, 6) is 0.155. The van der Waals surface area contributed by atoms with Gasteiger partial charge in [0.05, 0.1) is 41.9 Å². The second-order valence-corrected chi connectivity index (χ2v) is 10.5. The predicted molar refractivity (Wildman–Crippen MR) is 135 cm³/mol. The Hall–Kier alpha value is -3.40. The number of fused-ring (bicyclic) bond motifs is 1. The molecule has 40 heavy (non-hydrogen) atoms. The Labute approximate surface area is 230 Å². The number of hydrogen-bond donors (Lipinski definition) is 1. The predicted octanol–water partition coefficient (Wildman–Crippen LogP) is 4.43. The lowest BCUT2D eigenvalue weighted by atomic mass is 9.91. The van der Waals surface area contributed by atoms with Crippen molar-refractivity contribution in [2.75, 3.05) is 13.7 Å². The molecule has 2 aliphatic heterocycles. The van der Waals surface area contributed by atoms with Gasteiger partial charge in [-0.25, -0.2) is 4.98 Å². The quantitative estimate of drug-likeness (QED) is 0.318. The highest BCUT2D eigenvalue weighted by Crippen LogP contribution is 2.38. The van der Waals surface area contributed by atoms with E-state index in [2.05, 4.69) is 10.4 Å². The number of nitrogens with zero attached hydrogens (tertiary/aromatic N) is 4. The van der Waals surface area contributed by atoms with Gasteiger partial charge in [-0.3, -0.25) is 19.6 Å². The number of carbonyl (C=O) groups is 1. The van der Waals surface area contributed by atoms with Crippen molar-refractivity contribution < 1.29 is 37.1 Å². The Balaban J connectivity index is 1.25. The van der Waals surface area contributed by atoms with Crippen LogP contribution in [0.25, 0.3) is 0 Å². The summed E-state index contributed by atoms with van der Waals surface area (Å²) in [4.78, 5) is 28.7. The van der Waals surface area contributed by atoms with E-state index in [0.29, 0.717) is 35.5 Å². The number of thiazole rings is 1. The molecule has 1 saturated heterocycles. The van der Waals surface area contributed by atoms with Gasteiger partial charge in [0.15, 0.2) is 11.5 Å². The lowest BCUT2D eigenvalue weighted by Crippen LogP contribution is -2.44. The summed E-state index contributed by atoms with van der Waals surface area (Å²) >= 11 is 1.40. The molecule has 2 aliphatic rings. The Bertz CT molecular complexity index is 1420. The van der Waals surface area contributed by atoms with Crippen LogP contribution in [-0.4, -0.2) is 45.2 Å². The minimum Gasteiger partial charge on any atom is -0.496 e. The van der Waals surface area contributed by atoms with Gasteiger partial charge in [0.25, 0.3) is 5.69 Å². The van der Waals surface area contributed by atoms with Crippen LogP contribution in [0, 0.1) is 17.0 Å². The third-order valence-corrected chi connectivity index (χ3v) is 8.06. The highest BCUT2D eigenvalue weighted by atomic mass is 32.1. The number of ether oxygens (including phenoxy) is 3. The molecule has 0 saturated carbocycles. The molecular formula is C25H26F3N5O6S. The number of nitrogens with one attached hydrogen (secondary N) is 1. The lowest BCUT2D eigenvalue weighted by molar-refractivity contribution is -0.386. The number of hydrogen-bond acceptors (Lipinski definition) is 10. The Kier molecular flexibility index (Phi) is 7.90. The van der Waals surface area contributed by atoms with Gasteiger partial charge in [0.1, 0.15) is 18.0 Å². The van der Waals surface area contributed by atoms with Gasteiger partial charge >= 0.3 is 6.18 Å². The Morgan fingerprint density at radius 3 is 2.73 bits per heavy atom. The van der Waals surface area contributed by atoms with Crippen molar-refractivity contribution in [3.8, 4) is 5.75 Å². The summed E-state index contributed by atoms with van der Waals surface area (Å²) in [6, 6.07) is 3.27. The van der Waals surface area contributed by atoms with Gasteiger partial charge in [-0.1, -0.05) is 0 Å². The molecule has 15 heteroatoms. The van der Waals surface area contributed by atoms with Crippen molar-refractivity contribution in [3.63, 3.8) is 0 Å². The second kappa shape index (κ2) is 11.2. The second-order valence-electron chi connectivity index (χ2n) is 9.59. The number of ketones is 1. The number of alkyl halides is 3. The van der Waals surface area contributed by atoms with Crippen molar-refractivity contribution in [3.05, 3.63) is 66.9 Å². The molecule has 2 aromatic heterocycles. The van der Waals surface area contributed by atoms with E-state index in [4.69, 9.17) is 19.2 Å². The number of piperidine rings is 1. The van der Waals surface area contributed by atoms with E-state index < -0.39 is 29.1 Å². The maximum absolute atomic E-state index is 13.0. The molecule has 1 fully saturated rings. The highest BCUT2D eigenvalue weighted by molar-refractivity contribution is 7.09. The normalized spacial score (nSPS) is 21.5. The van der Waals surface area contributed by atoms with Crippen molar-refractivity contribution in [1.29, 1.82) is 0 Å². The molecule has 1 aromatic carbocycles. The molecule has 0 spiro atoms. The number of methoxy groups -OCH3 is 1. The Morgan fingerprint density at radius 1 is 1.30 bits per heavy atom. The zero-order valence-corrected chi connectivity index (χ0v) is 22.4. The van der Waals surface area contributed by atoms with Gasteiger partial charge in [-0.2, -0.15) is 18.3 Å². The van der Waals surface area contributed by atoms with Gasteiger partial charge in [-0.05, 0) is 38.4 Å². The molecule has 4 heterocycles. The maximum atomic E-state index is 13.0. The monoisotopic (exact) mass is 581 g/mol. The van der Waals surface area contributed by atoms with Crippen LogP contribution in [0.4, 0.5) is 18.9 Å². The van der Waals surface area contributed by atoms with Crippen LogP contribution in [0.1, 0.15) is 58.3 Å². The zero-order valence-electron chi connectivity index (χ0n) is 21.6. The number of nitro groups is 1. The van der Waals surface area contributed by atoms with Gasteiger partial charge < -0.3 is 19.5 Å². The lowest BCUT2D eigenvalue weighted by Gasteiger charge is -2.28. The minimum atomic E-state index is -4.58. The van der Waals surface area contributed by atoms with Crippen LogP contribution < -0.4 is 10.1 Å². The molecule has 11 nitrogen and oxygen atoms in total. The number of nitro benzene ring substituents is 1. The summed E-state index contributed by atoms with van der Waals surface area (Å²) in [7, 11) is 1.48. The zero-order chi connectivity index (χ0) is 28.6. The van der Waals surface area contributed by atoms with Crippen molar-refractivity contribution in [2.45, 2.75) is 63.9 Å². The fourth-order valence-electron chi connectivity index (χ4n) is 4.93. The van der Waals surface area contributed by atoms with Crippen LogP contribution in [0.15, 0.2) is 23.6 Å². The first-order chi connectivity index (χ1) is 19.0. The molecule has 5 rings (SSSR count). The fraction of sp³-hybridized carbons (Fsp3) is 0.480. The first-order valence-electron chi connectivity index (χ1n) is 12.4. The van der Waals surface area contributed by atoms with Crippen LogP contribution in [-0.2, 0) is 40.2 Å². The maximum Gasteiger partial charge on any atom is 0.435 e. The van der Waals surface area contributed by atoms with E-state index in [1.54, 1.807) is 5.38 Å². The minimum absolute atomic E-state index is 0.0323. The van der Waals surface area contributed by atoms with E-state index >= 15 is 0 Å². The molecule has 0 aliphatic carbocycles. The summed E-state index contributed by atoms with van der Waals surface area (Å²) in [6.07, 6.45) is -4.29. The number of carbonyl (C=O) groups excluding carboxylic acids is 1. The first-order valence-corrected chi connectivity index (χ1v) is 13.3. The largest absolute Gasteiger partial charge is 0.496 e. The number of halogens is 3. The average molecular weight is 582 g/mol. The topological polar surface area (TPSA) is 131 Å². The molecule has 0 amide bonds. The summed E-state index contributed by atoms with van der Waals surface area (Å²) in [5, 5.41) is 20.8. The molecular weight excluding hydrogens is 555 g/mol. The number of aryl methyl sites for hydroxylation is 1. The van der Waals surface area contributed by atoms with Crippen LogP contribution in [0.5, 0.6) is 5.75 Å². The fourth-order valence-corrected chi connectivity index (χ4v) is 5.90. The van der Waals surface area contributed by atoms with Crippen molar-refractivity contribution in [1.82, 2.24) is 20.1 Å². The number of benzene rings is 1. The smallest absolute Gasteiger partial charge is 0.435 e. The first kappa shape index (κ1) is 28.1. The molecule has 3 unspecified atom stereocenters. The van der Waals surface area contributed by atoms with E-state index in [1.165, 1.54) is 37.5 Å². The molecule has 0 radical (unpaired) electrons. The summed E-state index contributed by atoms with van der Waals surface area (Å²) in [6.45, 7) is 1.72. The summed E-state index contributed by atoms with van der Waals surface area (Å²) in [5.41, 5.74) is 0.598. The molecule has 214 valence electrons. The van der Waals surface area contributed by atoms with Crippen molar-refractivity contribution >= 4 is 22.8 Å². The molecule has 1 N–H and O–H groups in total. The highest BCUT2D eigenvalue weighted by Gasteiger charge is 2.36. The Morgan fingerprint density at radius 2 is 2.05 bits per heavy atom. The summed E-state index contributed by atoms with van der Waals surface area (Å²) < 4.78 is 57.2. The van der Waals surface area contributed by atoms with Crippen molar-refractivity contribution in [2.24, 2.45) is 0 Å². The number of aromatic nitrogens is 3.